The summed E-state index contributed by atoms with van der Waals surface area (Å²) in [6.07, 6.45) is 3.70. The van der Waals surface area contributed by atoms with Gasteiger partial charge in [-0.3, -0.25) is 4.79 Å². The van der Waals surface area contributed by atoms with E-state index in [0.717, 1.165) is 30.2 Å². The molecule has 2 rings (SSSR count). The summed E-state index contributed by atoms with van der Waals surface area (Å²) in [6.45, 7) is 0.506. The van der Waals surface area contributed by atoms with Crippen LogP contribution in [0.5, 0.6) is 0 Å². The van der Waals surface area contributed by atoms with Gasteiger partial charge in [0.05, 0.1) is 11.7 Å². The van der Waals surface area contributed by atoms with E-state index in [1.807, 2.05) is 0 Å². The van der Waals surface area contributed by atoms with Gasteiger partial charge >= 0.3 is 0 Å². The van der Waals surface area contributed by atoms with Crippen molar-refractivity contribution in [3.8, 4) is 0 Å². The predicted molar refractivity (Wildman–Crippen MR) is 78.9 cm³/mol. The quantitative estimate of drug-likeness (QED) is 0.746. The van der Waals surface area contributed by atoms with Crippen LogP contribution in [0.25, 0.3) is 0 Å². The van der Waals surface area contributed by atoms with Crippen LogP contribution in [0.1, 0.15) is 36.0 Å². The summed E-state index contributed by atoms with van der Waals surface area (Å²) in [6, 6.07) is 5.22. The number of carbonyl (C=O) groups excluding carboxylic acids is 1. The van der Waals surface area contributed by atoms with Crippen molar-refractivity contribution in [2.75, 3.05) is 12.3 Å². The van der Waals surface area contributed by atoms with Crippen LogP contribution in [0.2, 0.25) is 0 Å². The molecule has 1 aliphatic rings. The third kappa shape index (κ3) is 3.70. The number of nitrogen functional groups attached to an aromatic ring is 1. The second-order valence-electron chi connectivity index (χ2n) is 5.05. The summed E-state index contributed by atoms with van der Waals surface area (Å²) in [5, 5.41) is 12.7. The fourth-order valence-electron chi connectivity index (χ4n) is 2.47. The molecule has 4 N–H and O–H groups in total. The first-order valence-corrected chi connectivity index (χ1v) is 7.38. The Morgan fingerprint density at radius 1 is 1.42 bits per heavy atom. The average Bonchev–Trinajstić information content (AvgIpc) is 2.40. The molecule has 0 aromatic heterocycles. The number of amides is 1. The lowest BCUT2D eigenvalue weighted by Gasteiger charge is -2.27. The van der Waals surface area contributed by atoms with Crippen molar-refractivity contribution in [1.82, 2.24) is 5.32 Å². The first-order valence-electron chi connectivity index (χ1n) is 6.59. The van der Waals surface area contributed by atoms with Gasteiger partial charge in [-0.05, 0) is 31.0 Å². The van der Waals surface area contributed by atoms with E-state index < -0.39 is 0 Å². The zero-order valence-corrected chi connectivity index (χ0v) is 12.3. The van der Waals surface area contributed by atoms with Crippen molar-refractivity contribution in [1.29, 1.82) is 0 Å². The second-order valence-corrected chi connectivity index (χ2v) is 5.97. The lowest BCUT2D eigenvalue weighted by molar-refractivity contribution is 0.0663. The van der Waals surface area contributed by atoms with Crippen LogP contribution in [-0.4, -0.2) is 23.7 Å². The maximum absolute atomic E-state index is 12.1. The Hall–Kier alpha value is -1.07. The van der Waals surface area contributed by atoms with Gasteiger partial charge in [0.25, 0.3) is 5.91 Å². The molecule has 19 heavy (non-hydrogen) atoms. The second kappa shape index (κ2) is 6.39. The third-order valence-corrected chi connectivity index (χ3v) is 4.15. The van der Waals surface area contributed by atoms with Crippen LogP contribution < -0.4 is 11.1 Å². The molecule has 5 heteroatoms. The minimum absolute atomic E-state index is 0.158. The molecule has 0 radical (unpaired) electrons. The smallest absolute Gasteiger partial charge is 0.253 e. The molecule has 0 heterocycles. The highest BCUT2D eigenvalue weighted by atomic mass is 79.9. The normalized spacial score (nSPS) is 23.1. The topological polar surface area (TPSA) is 75.4 Å². The Morgan fingerprint density at radius 3 is 2.89 bits per heavy atom. The number of carbonyl (C=O) groups is 1. The molecule has 0 saturated heterocycles. The lowest BCUT2D eigenvalue weighted by Crippen LogP contribution is -2.36. The number of hydrogen-bond acceptors (Lipinski definition) is 3. The van der Waals surface area contributed by atoms with Crippen molar-refractivity contribution in [3.05, 3.63) is 28.2 Å². The average molecular weight is 327 g/mol. The van der Waals surface area contributed by atoms with E-state index in [-0.39, 0.29) is 17.9 Å². The van der Waals surface area contributed by atoms with Gasteiger partial charge < -0.3 is 16.2 Å². The molecule has 0 spiro atoms. The molecule has 4 nitrogen and oxygen atoms in total. The first-order chi connectivity index (χ1) is 9.08. The van der Waals surface area contributed by atoms with E-state index in [0.29, 0.717) is 17.8 Å². The summed E-state index contributed by atoms with van der Waals surface area (Å²) in [5.74, 6) is -0.0253. The number of hydrogen-bond donors (Lipinski definition) is 3. The molecule has 1 aliphatic carbocycles. The van der Waals surface area contributed by atoms with E-state index in [9.17, 15) is 9.90 Å². The Balaban J connectivity index is 1.95. The Bertz CT molecular complexity index is 465. The molecule has 0 aliphatic heterocycles. The Kier molecular flexibility index (Phi) is 4.82. The molecule has 1 amide bonds. The van der Waals surface area contributed by atoms with Crippen LogP contribution in [0, 0.1) is 5.92 Å². The minimum Gasteiger partial charge on any atom is -0.398 e. The fraction of sp³-hybridized carbons (Fsp3) is 0.500. The van der Waals surface area contributed by atoms with E-state index in [1.54, 1.807) is 18.2 Å². The fourth-order valence-corrected chi connectivity index (χ4v) is 2.83. The maximum Gasteiger partial charge on any atom is 0.253 e. The van der Waals surface area contributed by atoms with Gasteiger partial charge in [-0.1, -0.05) is 28.8 Å². The van der Waals surface area contributed by atoms with Crippen LogP contribution in [0.15, 0.2) is 22.7 Å². The molecule has 1 saturated carbocycles. The van der Waals surface area contributed by atoms with Gasteiger partial charge in [0, 0.05) is 22.6 Å². The van der Waals surface area contributed by atoms with Crippen LogP contribution >= 0.6 is 15.9 Å². The van der Waals surface area contributed by atoms with Crippen molar-refractivity contribution in [2.24, 2.45) is 5.92 Å². The van der Waals surface area contributed by atoms with Crippen LogP contribution in [-0.2, 0) is 0 Å². The van der Waals surface area contributed by atoms with Crippen molar-refractivity contribution in [2.45, 2.75) is 31.8 Å². The van der Waals surface area contributed by atoms with Gasteiger partial charge in [-0.25, -0.2) is 0 Å². The minimum atomic E-state index is -0.297. The summed E-state index contributed by atoms with van der Waals surface area (Å²) >= 11 is 3.33. The summed E-state index contributed by atoms with van der Waals surface area (Å²) in [5.41, 5.74) is 6.73. The standard InChI is InChI=1S/C14H19BrN2O2/c15-10-5-6-12(16)11(7-10)14(19)17-8-9-3-1-2-4-13(9)18/h5-7,9,13,18H,1-4,8,16H2,(H,17,19). The number of aliphatic hydroxyl groups excluding tert-OH is 1. The Morgan fingerprint density at radius 2 is 2.16 bits per heavy atom. The van der Waals surface area contributed by atoms with Gasteiger partial charge in [-0.2, -0.15) is 0 Å². The molecular weight excluding hydrogens is 308 g/mol. The summed E-state index contributed by atoms with van der Waals surface area (Å²) in [4.78, 5) is 12.1. The largest absolute Gasteiger partial charge is 0.398 e. The van der Waals surface area contributed by atoms with Crippen molar-refractivity contribution in [3.63, 3.8) is 0 Å². The molecule has 1 aromatic carbocycles. The number of rotatable bonds is 3. The monoisotopic (exact) mass is 326 g/mol. The van der Waals surface area contributed by atoms with Gasteiger partial charge in [0.1, 0.15) is 0 Å². The van der Waals surface area contributed by atoms with Crippen LogP contribution in [0.3, 0.4) is 0 Å². The van der Waals surface area contributed by atoms with E-state index >= 15 is 0 Å². The van der Waals surface area contributed by atoms with Crippen molar-refractivity contribution < 1.29 is 9.90 Å². The summed E-state index contributed by atoms with van der Waals surface area (Å²) in [7, 11) is 0. The molecule has 2 unspecified atom stereocenters. The summed E-state index contributed by atoms with van der Waals surface area (Å²) < 4.78 is 0.824. The highest BCUT2D eigenvalue weighted by molar-refractivity contribution is 9.10. The molecule has 2 atom stereocenters. The van der Waals surface area contributed by atoms with E-state index in [1.165, 1.54) is 0 Å². The Labute approximate surface area is 121 Å². The number of nitrogens with two attached hydrogens (primary N) is 1. The number of aliphatic hydroxyl groups is 1. The molecule has 1 fully saturated rings. The van der Waals surface area contributed by atoms with Gasteiger partial charge in [-0.15, -0.1) is 0 Å². The molecular formula is C14H19BrN2O2. The maximum atomic E-state index is 12.1. The number of benzene rings is 1. The van der Waals surface area contributed by atoms with Gasteiger partial charge in [0.2, 0.25) is 0 Å². The predicted octanol–water partition coefficient (Wildman–Crippen LogP) is 2.31. The zero-order valence-electron chi connectivity index (χ0n) is 10.7. The molecule has 0 bridgehead atoms. The lowest BCUT2D eigenvalue weighted by atomic mass is 9.86. The van der Waals surface area contributed by atoms with Gasteiger partial charge in [0.15, 0.2) is 0 Å². The number of halogens is 1. The molecule has 1 aromatic rings. The highest BCUT2D eigenvalue weighted by Gasteiger charge is 2.23. The number of nitrogens with one attached hydrogen (secondary N) is 1. The zero-order chi connectivity index (χ0) is 13.8. The molecule has 104 valence electrons. The van der Waals surface area contributed by atoms with Crippen molar-refractivity contribution >= 4 is 27.5 Å². The third-order valence-electron chi connectivity index (χ3n) is 3.65. The first kappa shape index (κ1) is 14.3. The van der Waals surface area contributed by atoms with E-state index in [2.05, 4.69) is 21.2 Å². The van der Waals surface area contributed by atoms with Crippen LogP contribution in [0.4, 0.5) is 5.69 Å². The number of anilines is 1. The van der Waals surface area contributed by atoms with E-state index in [4.69, 9.17) is 5.73 Å². The highest BCUT2D eigenvalue weighted by Crippen LogP contribution is 2.24. The SMILES string of the molecule is Nc1ccc(Br)cc1C(=O)NCC1CCCCC1O.